The van der Waals surface area contributed by atoms with E-state index in [0.29, 0.717) is 17.9 Å². The number of sulfonamides is 1. The second-order valence-electron chi connectivity index (χ2n) is 4.43. The molecule has 0 atom stereocenters. The maximum atomic E-state index is 12.1. The Bertz CT molecular complexity index is 566. The number of nitrogen functional groups attached to an aromatic ring is 1. The van der Waals surface area contributed by atoms with Gasteiger partial charge in [0, 0.05) is 25.7 Å². The van der Waals surface area contributed by atoms with Crippen molar-refractivity contribution >= 4 is 21.5 Å². The van der Waals surface area contributed by atoms with E-state index in [0.717, 1.165) is 19.4 Å². The molecular formula is C12H17N3O2S. The van der Waals surface area contributed by atoms with E-state index in [1.807, 2.05) is 11.9 Å². The molecule has 0 aliphatic carbocycles. The molecule has 1 aromatic rings. The highest BCUT2D eigenvalue weighted by molar-refractivity contribution is 7.90. The summed E-state index contributed by atoms with van der Waals surface area (Å²) in [5.74, 6) is 0.628. The third-order valence-electron chi connectivity index (χ3n) is 2.97. The van der Waals surface area contributed by atoms with E-state index in [1.54, 1.807) is 12.1 Å². The molecule has 1 fully saturated rings. The number of benzene rings is 1. The lowest BCUT2D eigenvalue weighted by atomic mass is 10.1. The molecule has 0 saturated carbocycles. The Hall–Kier alpha value is -1.56. The molecule has 0 amide bonds. The van der Waals surface area contributed by atoms with Gasteiger partial charge in [-0.05, 0) is 31.0 Å². The van der Waals surface area contributed by atoms with Crippen LogP contribution in [-0.4, -0.2) is 32.7 Å². The van der Waals surface area contributed by atoms with Gasteiger partial charge in [0.1, 0.15) is 5.84 Å². The fraction of sp³-hybridized carbons (Fsp3) is 0.417. The molecule has 1 heterocycles. The third kappa shape index (κ3) is 2.81. The Morgan fingerprint density at radius 2 is 2.11 bits per heavy atom. The number of anilines is 1. The maximum absolute atomic E-state index is 12.1. The summed E-state index contributed by atoms with van der Waals surface area (Å²) in [6.07, 6.45) is 2.77. The number of hydrogen-bond acceptors (Lipinski definition) is 3. The molecule has 5 nitrogen and oxygen atoms in total. The fourth-order valence-electron chi connectivity index (χ4n) is 1.93. The standard InChI is InChI=1S/C12H17N3O2S/c1-15-8-3-2-7-12(15)14-18(16,17)11-6-4-5-10(13)9-11/h4-6,9H,2-3,7-8,13H2,1H3/b14-12+. The number of hydrogen-bond donors (Lipinski definition) is 1. The number of amidine groups is 1. The first kappa shape index (κ1) is 12.9. The van der Waals surface area contributed by atoms with E-state index in [1.165, 1.54) is 12.1 Å². The van der Waals surface area contributed by atoms with Crippen LogP contribution in [0.5, 0.6) is 0 Å². The van der Waals surface area contributed by atoms with Crippen LogP contribution >= 0.6 is 0 Å². The summed E-state index contributed by atoms with van der Waals surface area (Å²) in [6.45, 7) is 0.852. The normalized spacial score (nSPS) is 19.2. The zero-order valence-corrected chi connectivity index (χ0v) is 11.2. The smallest absolute Gasteiger partial charge is 0.284 e. The van der Waals surface area contributed by atoms with E-state index in [2.05, 4.69) is 4.40 Å². The average molecular weight is 267 g/mol. The Morgan fingerprint density at radius 1 is 1.33 bits per heavy atom. The first-order chi connectivity index (χ1) is 8.49. The quantitative estimate of drug-likeness (QED) is 0.823. The molecule has 18 heavy (non-hydrogen) atoms. The minimum atomic E-state index is -3.65. The van der Waals surface area contributed by atoms with Crippen molar-refractivity contribution in [1.29, 1.82) is 0 Å². The van der Waals surface area contributed by atoms with E-state index in [9.17, 15) is 8.42 Å². The van der Waals surface area contributed by atoms with Gasteiger partial charge in [-0.1, -0.05) is 6.07 Å². The number of rotatable bonds is 2. The topological polar surface area (TPSA) is 75.8 Å². The number of nitrogens with two attached hydrogens (primary N) is 1. The molecule has 1 aromatic carbocycles. The predicted octanol–water partition coefficient (Wildman–Crippen LogP) is 1.47. The van der Waals surface area contributed by atoms with Crippen molar-refractivity contribution in [2.45, 2.75) is 24.2 Å². The highest BCUT2D eigenvalue weighted by Gasteiger charge is 2.18. The summed E-state index contributed by atoms with van der Waals surface area (Å²) in [5, 5.41) is 0. The number of piperidine rings is 1. The molecule has 1 saturated heterocycles. The van der Waals surface area contributed by atoms with Gasteiger partial charge < -0.3 is 10.6 Å². The van der Waals surface area contributed by atoms with Crippen molar-refractivity contribution < 1.29 is 8.42 Å². The van der Waals surface area contributed by atoms with Crippen molar-refractivity contribution in [3.63, 3.8) is 0 Å². The molecule has 2 N–H and O–H groups in total. The van der Waals surface area contributed by atoms with Gasteiger partial charge >= 0.3 is 0 Å². The van der Waals surface area contributed by atoms with Crippen LogP contribution in [0.2, 0.25) is 0 Å². The first-order valence-electron chi connectivity index (χ1n) is 5.89. The highest BCUT2D eigenvalue weighted by Crippen LogP contribution is 2.18. The van der Waals surface area contributed by atoms with Gasteiger partial charge in [0.25, 0.3) is 10.0 Å². The molecule has 1 aliphatic rings. The predicted molar refractivity (Wildman–Crippen MR) is 72.0 cm³/mol. The van der Waals surface area contributed by atoms with Gasteiger partial charge in [-0.2, -0.15) is 8.42 Å². The second-order valence-corrected chi connectivity index (χ2v) is 6.04. The van der Waals surface area contributed by atoms with Crippen molar-refractivity contribution in [3.05, 3.63) is 24.3 Å². The monoisotopic (exact) mass is 267 g/mol. The number of nitrogens with zero attached hydrogens (tertiary/aromatic N) is 2. The van der Waals surface area contributed by atoms with Crippen LogP contribution in [0.4, 0.5) is 5.69 Å². The summed E-state index contributed by atoms with van der Waals surface area (Å²) in [4.78, 5) is 2.04. The lowest BCUT2D eigenvalue weighted by molar-refractivity contribution is 0.434. The van der Waals surface area contributed by atoms with Crippen LogP contribution in [0.15, 0.2) is 33.6 Å². The van der Waals surface area contributed by atoms with E-state index < -0.39 is 10.0 Å². The van der Waals surface area contributed by atoms with Gasteiger partial charge in [0.05, 0.1) is 4.90 Å². The molecule has 1 aliphatic heterocycles. The minimum Gasteiger partial charge on any atom is -0.399 e. The summed E-state index contributed by atoms with van der Waals surface area (Å²) >= 11 is 0. The Labute approximate surface area is 107 Å². The van der Waals surface area contributed by atoms with Crippen LogP contribution in [0.25, 0.3) is 0 Å². The van der Waals surface area contributed by atoms with Crippen LogP contribution in [0.1, 0.15) is 19.3 Å². The molecule has 0 bridgehead atoms. The van der Waals surface area contributed by atoms with Crippen molar-refractivity contribution in [2.24, 2.45) is 4.40 Å². The molecule has 0 radical (unpaired) electrons. The molecular weight excluding hydrogens is 250 g/mol. The van der Waals surface area contributed by atoms with Gasteiger partial charge in [0.2, 0.25) is 0 Å². The van der Waals surface area contributed by atoms with E-state index in [4.69, 9.17) is 5.73 Å². The number of likely N-dealkylation sites (tertiary alicyclic amines) is 1. The molecule has 6 heteroatoms. The first-order valence-corrected chi connectivity index (χ1v) is 7.33. The van der Waals surface area contributed by atoms with Crippen molar-refractivity contribution in [2.75, 3.05) is 19.3 Å². The van der Waals surface area contributed by atoms with Crippen LogP contribution in [-0.2, 0) is 10.0 Å². The lowest BCUT2D eigenvalue weighted by Crippen LogP contribution is -2.32. The molecule has 0 unspecified atom stereocenters. The van der Waals surface area contributed by atoms with Crippen LogP contribution < -0.4 is 5.73 Å². The van der Waals surface area contributed by atoms with Crippen molar-refractivity contribution in [1.82, 2.24) is 4.90 Å². The Morgan fingerprint density at radius 3 is 2.78 bits per heavy atom. The zero-order chi connectivity index (χ0) is 13.2. The largest absolute Gasteiger partial charge is 0.399 e. The average Bonchev–Trinajstić information content (AvgIpc) is 2.32. The Kier molecular flexibility index (Phi) is 3.56. The highest BCUT2D eigenvalue weighted by atomic mass is 32.2. The summed E-state index contributed by atoms with van der Waals surface area (Å²) < 4.78 is 28.2. The van der Waals surface area contributed by atoms with Gasteiger partial charge in [0.15, 0.2) is 0 Å². The van der Waals surface area contributed by atoms with E-state index in [-0.39, 0.29) is 4.90 Å². The Balaban J connectivity index is 2.34. The lowest BCUT2D eigenvalue weighted by Gasteiger charge is -2.25. The van der Waals surface area contributed by atoms with Crippen LogP contribution in [0.3, 0.4) is 0 Å². The summed E-state index contributed by atoms with van der Waals surface area (Å²) in [5.41, 5.74) is 6.02. The fourth-order valence-corrected chi connectivity index (χ4v) is 3.08. The molecule has 0 spiro atoms. The maximum Gasteiger partial charge on any atom is 0.284 e. The summed E-state index contributed by atoms with van der Waals surface area (Å²) in [6, 6.07) is 6.21. The summed E-state index contributed by atoms with van der Waals surface area (Å²) in [7, 11) is -1.78. The van der Waals surface area contributed by atoms with Gasteiger partial charge in [-0.25, -0.2) is 0 Å². The minimum absolute atomic E-state index is 0.147. The van der Waals surface area contributed by atoms with Crippen molar-refractivity contribution in [3.8, 4) is 0 Å². The third-order valence-corrected chi connectivity index (χ3v) is 4.27. The van der Waals surface area contributed by atoms with Crippen LogP contribution in [0, 0.1) is 0 Å². The second kappa shape index (κ2) is 4.97. The molecule has 98 valence electrons. The SMILES string of the molecule is CN1CCCC/C1=N\S(=O)(=O)c1cccc(N)c1. The van der Waals surface area contributed by atoms with E-state index >= 15 is 0 Å². The molecule has 2 rings (SSSR count). The zero-order valence-electron chi connectivity index (χ0n) is 10.3. The van der Waals surface area contributed by atoms with Gasteiger partial charge in [-0.15, -0.1) is 4.40 Å². The van der Waals surface area contributed by atoms with Gasteiger partial charge in [-0.3, -0.25) is 0 Å². The molecule has 0 aromatic heterocycles.